The molecule has 0 unspecified atom stereocenters. The van der Waals surface area contributed by atoms with Crippen molar-refractivity contribution in [1.82, 2.24) is 0 Å². The van der Waals surface area contributed by atoms with Gasteiger partial charge in [-0.1, -0.05) is 39.5 Å². The molecule has 0 fully saturated rings. The van der Waals surface area contributed by atoms with E-state index in [2.05, 4.69) is 18.9 Å². The number of halogens is 1. The number of hydrogen-bond acceptors (Lipinski definition) is 1. The van der Waals surface area contributed by atoms with Crippen LogP contribution in [0, 0.1) is 5.82 Å². The van der Waals surface area contributed by atoms with Crippen LogP contribution < -0.4 is 0 Å². The van der Waals surface area contributed by atoms with E-state index >= 15 is 0 Å². The van der Waals surface area contributed by atoms with Crippen molar-refractivity contribution in [2.75, 3.05) is 0 Å². The quantitative estimate of drug-likeness (QED) is 0.645. The van der Waals surface area contributed by atoms with Crippen LogP contribution in [0.15, 0.2) is 41.2 Å². The molecule has 0 saturated carbocycles. The lowest BCUT2D eigenvalue weighted by atomic mass is 10.1. The van der Waals surface area contributed by atoms with E-state index in [4.69, 9.17) is 0 Å². The van der Waals surface area contributed by atoms with E-state index in [9.17, 15) is 4.39 Å². The van der Waals surface area contributed by atoms with Gasteiger partial charge in [-0.05, 0) is 46.9 Å². The Morgan fingerprint density at radius 1 is 1.29 bits per heavy atom. The second-order valence-electron chi connectivity index (χ2n) is 3.32. The summed E-state index contributed by atoms with van der Waals surface area (Å²) in [6.45, 7) is 12.0. The van der Waals surface area contributed by atoms with Gasteiger partial charge in [0.15, 0.2) is 0 Å². The molecule has 17 heavy (non-hydrogen) atoms. The number of benzene rings is 1. The molecule has 0 heterocycles. The van der Waals surface area contributed by atoms with Gasteiger partial charge >= 0.3 is 0 Å². The maximum Gasteiger partial charge on any atom is 0.123 e. The normalized spacial score (nSPS) is 10.5. The van der Waals surface area contributed by atoms with Crippen LogP contribution in [0.3, 0.4) is 0 Å². The van der Waals surface area contributed by atoms with Gasteiger partial charge < -0.3 is 0 Å². The van der Waals surface area contributed by atoms with E-state index < -0.39 is 0 Å². The summed E-state index contributed by atoms with van der Waals surface area (Å²) in [5.74, 6) is -0.197. The summed E-state index contributed by atoms with van der Waals surface area (Å²) >= 11 is 1.63. The summed E-state index contributed by atoms with van der Waals surface area (Å²) in [4.78, 5) is 1.14. The van der Waals surface area contributed by atoms with E-state index in [0.717, 1.165) is 22.5 Å². The summed E-state index contributed by atoms with van der Waals surface area (Å²) in [5.41, 5.74) is 2.18. The topological polar surface area (TPSA) is 0 Å². The third-order valence-corrected chi connectivity index (χ3v) is 3.19. The average Bonchev–Trinajstić information content (AvgIpc) is 2.38. The zero-order valence-corrected chi connectivity index (χ0v) is 11.9. The molecule has 0 amide bonds. The fourth-order valence-corrected chi connectivity index (χ4v) is 1.68. The van der Waals surface area contributed by atoms with Crippen molar-refractivity contribution in [3.8, 4) is 0 Å². The molecular formula is C15H21FS. The molecule has 0 aliphatic rings. The molecule has 0 bridgehead atoms. The second-order valence-corrected chi connectivity index (χ2v) is 4.37. The minimum Gasteiger partial charge on any atom is -0.207 e. The predicted molar refractivity (Wildman–Crippen MR) is 78.4 cm³/mol. The Kier molecular flexibility index (Phi) is 8.51. The maximum atomic E-state index is 12.7. The van der Waals surface area contributed by atoms with Crippen LogP contribution in [0.2, 0.25) is 0 Å². The molecule has 0 saturated heterocycles. The molecule has 0 spiro atoms. The molecule has 0 atom stereocenters. The molecule has 0 radical (unpaired) electrons. The van der Waals surface area contributed by atoms with Crippen molar-refractivity contribution in [1.29, 1.82) is 0 Å². The summed E-state index contributed by atoms with van der Waals surface area (Å²) < 4.78 is 12.7. The zero-order chi connectivity index (χ0) is 13.3. The third-order valence-electron chi connectivity index (χ3n) is 2.10. The van der Waals surface area contributed by atoms with Crippen molar-refractivity contribution < 1.29 is 4.39 Å². The van der Waals surface area contributed by atoms with Gasteiger partial charge in [-0.15, -0.1) is 11.8 Å². The number of rotatable bonds is 4. The van der Waals surface area contributed by atoms with Crippen LogP contribution in [0.4, 0.5) is 4.39 Å². The van der Waals surface area contributed by atoms with Gasteiger partial charge in [-0.3, -0.25) is 0 Å². The fraction of sp³-hybridized carbons (Fsp3) is 0.333. The first kappa shape index (κ1) is 16.0. The van der Waals surface area contributed by atoms with Gasteiger partial charge in [0.2, 0.25) is 0 Å². The molecule has 1 aromatic rings. The van der Waals surface area contributed by atoms with Crippen molar-refractivity contribution in [2.45, 2.75) is 34.1 Å². The molecule has 1 rings (SSSR count). The van der Waals surface area contributed by atoms with E-state index in [-0.39, 0.29) is 5.82 Å². The number of hydrogen-bond donors (Lipinski definition) is 0. The minimum atomic E-state index is -0.197. The Morgan fingerprint density at radius 2 is 1.82 bits per heavy atom. The molecular weight excluding hydrogens is 231 g/mol. The fourth-order valence-electron chi connectivity index (χ4n) is 1.04. The lowest BCUT2D eigenvalue weighted by Crippen LogP contribution is -1.79. The van der Waals surface area contributed by atoms with Gasteiger partial charge in [0.05, 0.1) is 0 Å². The Labute approximate surface area is 109 Å². The summed E-state index contributed by atoms with van der Waals surface area (Å²) in [6, 6.07) is 6.53. The monoisotopic (exact) mass is 252 g/mol. The standard InChI is InChI=1S/C13H15FS.C2H6/c1-4-11(3)15-9-10(2)12-5-7-13(14)8-6-12;1-2/h5-9H,3-4H2,1-2H3;1-2H3/b10-9+;. The van der Waals surface area contributed by atoms with E-state index in [1.807, 2.05) is 20.8 Å². The zero-order valence-electron chi connectivity index (χ0n) is 11.1. The van der Waals surface area contributed by atoms with E-state index in [1.165, 1.54) is 12.1 Å². The number of thioether (sulfide) groups is 1. The highest BCUT2D eigenvalue weighted by Crippen LogP contribution is 2.24. The lowest BCUT2D eigenvalue weighted by Gasteiger charge is -2.02. The van der Waals surface area contributed by atoms with Gasteiger partial charge in [-0.25, -0.2) is 4.39 Å². The molecule has 0 nitrogen and oxygen atoms in total. The van der Waals surface area contributed by atoms with Crippen LogP contribution in [0.5, 0.6) is 0 Å². The molecule has 0 N–H and O–H groups in total. The molecule has 2 heteroatoms. The Balaban J connectivity index is 0.00000121. The van der Waals surface area contributed by atoms with Gasteiger partial charge in [0.25, 0.3) is 0 Å². The highest BCUT2D eigenvalue weighted by Gasteiger charge is 1.96. The smallest absolute Gasteiger partial charge is 0.123 e. The Morgan fingerprint density at radius 3 is 2.29 bits per heavy atom. The maximum absolute atomic E-state index is 12.7. The van der Waals surface area contributed by atoms with Crippen LogP contribution in [-0.2, 0) is 0 Å². The van der Waals surface area contributed by atoms with Gasteiger partial charge in [0, 0.05) is 0 Å². The largest absolute Gasteiger partial charge is 0.207 e. The van der Waals surface area contributed by atoms with Crippen molar-refractivity contribution in [2.24, 2.45) is 0 Å². The SMILES string of the molecule is C=C(CC)S/C=C(\C)c1ccc(F)cc1.CC. The minimum absolute atomic E-state index is 0.197. The summed E-state index contributed by atoms with van der Waals surface area (Å²) in [5, 5.41) is 2.05. The molecule has 0 aromatic heterocycles. The van der Waals surface area contributed by atoms with Gasteiger partial charge in [0.1, 0.15) is 5.82 Å². The highest BCUT2D eigenvalue weighted by atomic mass is 32.2. The first-order valence-electron chi connectivity index (χ1n) is 5.90. The van der Waals surface area contributed by atoms with Crippen LogP contribution in [-0.4, -0.2) is 0 Å². The molecule has 0 aliphatic carbocycles. The second kappa shape index (κ2) is 9.06. The first-order valence-corrected chi connectivity index (χ1v) is 6.78. The molecule has 1 aromatic carbocycles. The van der Waals surface area contributed by atoms with Crippen molar-refractivity contribution in [3.63, 3.8) is 0 Å². The van der Waals surface area contributed by atoms with Crippen LogP contribution in [0.1, 0.15) is 39.7 Å². The Hall–Kier alpha value is -1.02. The third kappa shape index (κ3) is 6.32. The first-order chi connectivity index (χ1) is 8.13. The highest BCUT2D eigenvalue weighted by molar-refractivity contribution is 8.05. The molecule has 94 valence electrons. The summed E-state index contributed by atoms with van der Waals surface area (Å²) in [7, 11) is 0. The van der Waals surface area contributed by atoms with Crippen molar-refractivity contribution >= 4 is 17.3 Å². The van der Waals surface area contributed by atoms with E-state index in [0.29, 0.717) is 0 Å². The Bertz CT molecular complexity index is 363. The lowest BCUT2D eigenvalue weighted by molar-refractivity contribution is 0.627. The average molecular weight is 252 g/mol. The van der Waals surface area contributed by atoms with Crippen LogP contribution in [0.25, 0.3) is 5.57 Å². The molecule has 0 aliphatic heterocycles. The number of allylic oxidation sites excluding steroid dienone is 2. The summed E-state index contributed by atoms with van der Waals surface area (Å²) in [6.07, 6.45) is 0.970. The van der Waals surface area contributed by atoms with E-state index in [1.54, 1.807) is 23.9 Å². The predicted octanol–water partition coefficient (Wildman–Crippen LogP) is 5.87. The van der Waals surface area contributed by atoms with Crippen LogP contribution >= 0.6 is 11.8 Å². The van der Waals surface area contributed by atoms with Gasteiger partial charge in [-0.2, -0.15) is 0 Å². The van der Waals surface area contributed by atoms with Crippen molar-refractivity contribution in [3.05, 3.63) is 52.5 Å².